The number of ether oxygens (including phenoxy) is 2. The van der Waals surface area contributed by atoms with E-state index in [-0.39, 0.29) is 0 Å². The van der Waals surface area contributed by atoms with Crippen molar-refractivity contribution in [2.75, 3.05) is 46.6 Å². The van der Waals surface area contributed by atoms with Gasteiger partial charge in [-0.3, -0.25) is 4.90 Å². The molecule has 1 aliphatic rings. The van der Waals surface area contributed by atoms with Crippen LogP contribution in [-0.4, -0.2) is 51.5 Å². The van der Waals surface area contributed by atoms with E-state index < -0.39 is 0 Å². The zero-order chi connectivity index (χ0) is 12.3. The molecule has 1 saturated heterocycles. The molecular formula is C14H29NO2. The second kappa shape index (κ2) is 9.86. The van der Waals surface area contributed by atoms with Crippen molar-refractivity contribution < 1.29 is 9.47 Å². The van der Waals surface area contributed by atoms with Crippen molar-refractivity contribution in [2.24, 2.45) is 5.92 Å². The highest BCUT2D eigenvalue weighted by Crippen LogP contribution is 2.16. The summed E-state index contributed by atoms with van der Waals surface area (Å²) in [7, 11) is 1.80. The van der Waals surface area contributed by atoms with Gasteiger partial charge >= 0.3 is 0 Å². The minimum absolute atomic E-state index is 0.861. The van der Waals surface area contributed by atoms with Crippen molar-refractivity contribution in [1.82, 2.24) is 4.90 Å². The monoisotopic (exact) mass is 243 g/mol. The fourth-order valence-electron chi connectivity index (χ4n) is 2.43. The Kier molecular flexibility index (Phi) is 8.67. The second-order valence-corrected chi connectivity index (χ2v) is 5.01. The third-order valence-corrected chi connectivity index (χ3v) is 3.75. The van der Waals surface area contributed by atoms with Crippen molar-refractivity contribution in [3.8, 4) is 0 Å². The molecule has 0 aliphatic carbocycles. The molecule has 0 amide bonds. The Balaban J connectivity index is 1.97. The van der Waals surface area contributed by atoms with E-state index in [0.29, 0.717) is 0 Å². The lowest BCUT2D eigenvalue weighted by Gasteiger charge is -2.26. The SMILES string of the molecule is CC[C@@H](CCCCN1CCOCC1)CCOC. The Hall–Kier alpha value is -0.120. The van der Waals surface area contributed by atoms with Gasteiger partial charge in [-0.25, -0.2) is 0 Å². The third-order valence-electron chi connectivity index (χ3n) is 3.75. The summed E-state index contributed by atoms with van der Waals surface area (Å²) in [4.78, 5) is 2.53. The van der Waals surface area contributed by atoms with Gasteiger partial charge in [0, 0.05) is 26.8 Å². The molecule has 0 spiro atoms. The van der Waals surface area contributed by atoms with Crippen molar-refractivity contribution >= 4 is 0 Å². The molecule has 0 aromatic carbocycles. The summed E-state index contributed by atoms with van der Waals surface area (Å²) >= 11 is 0. The molecule has 0 saturated carbocycles. The Labute approximate surface area is 106 Å². The van der Waals surface area contributed by atoms with Gasteiger partial charge in [-0.15, -0.1) is 0 Å². The summed E-state index contributed by atoms with van der Waals surface area (Å²) < 4.78 is 10.5. The van der Waals surface area contributed by atoms with Crippen LogP contribution in [0.1, 0.15) is 39.0 Å². The summed E-state index contributed by atoms with van der Waals surface area (Å²) in [5.74, 6) is 0.861. The van der Waals surface area contributed by atoms with E-state index >= 15 is 0 Å². The van der Waals surface area contributed by atoms with Crippen LogP contribution in [0.2, 0.25) is 0 Å². The third kappa shape index (κ3) is 7.02. The zero-order valence-corrected chi connectivity index (χ0v) is 11.6. The Morgan fingerprint density at radius 3 is 2.59 bits per heavy atom. The molecule has 17 heavy (non-hydrogen) atoms. The van der Waals surface area contributed by atoms with Gasteiger partial charge in [-0.05, 0) is 25.3 Å². The lowest BCUT2D eigenvalue weighted by Crippen LogP contribution is -2.36. The van der Waals surface area contributed by atoms with Gasteiger partial charge in [0.05, 0.1) is 13.2 Å². The molecule has 3 heteroatoms. The average molecular weight is 243 g/mol. The first-order valence-electron chi connectivity index (χ1n) is 7.15. The lowest BCUT2D eigenvalue weighted by atomic mass is 9.96. The summed E-state index contributed by atoms with van der Waals surface area (Å²) in [6.45, 7) is 8.56. The Bertz CT molecular complexity index is 170. The van der Waals surface area contributed by atoms with Crippen LogP contribution in [0, 0.1) is 5.92 Å². The maximum Gasteiger partial charge on any atom is 0.0594 e. The molecular weight excluding hydrogens is 214 g/mol. The number of hydrogen-bond donors (Lipinski definition) is 0. The van der Waals surface area contributed by atoms with Crippen LogP contribution in [0.5, 0.6) is 0 Å². The van der Waals surface area contributed by atoms with Crippen molar-refractivity contribution in [1.29, 1.82) is 0 Å². The van der Waals surface area contributed by atoms with Gasteiger partial charge in [0.15, 0.2) is 0 Å². The van der Waals surface area contributed by atoms with Gasteiger partial charge in [0.2, 0.25) is 0 Å². The normalized spacial score (nSPS) is 19.4. The topological polar surface area (TPSA) is 21.7 Å². The lowest BCUT2D eigenvalue weighted by molar-refractivity contribution is 0.0369. The number of hydrogen-bond acceptors (Lipinski definition) is 3. The maximum atomic E-state index is 5.35. The molecule has 0 radical (unpaired) electrons. The smallest absolute Gasteiger partial charge is 0.0594 e. The fraction of sp³-hybridized carbons (Fsp3) is 1.00. The largest absolute Gasteiger partial charge is 0.385 e. The van der Waals surface area contributed by atoms with Gasteiger partial charge in [0.25, 0.3) is 0 Å². The maximum absolute atomic E-state index is 5.35. The molecule has 0 bridgehead atoms. The van der Waals surface area contributed by atoms with E-state index in [1.165, 1.54) is 38.6 Å². The molecule has 1 heterocycles. The standard InChI is InChI=1S/C14H29NO2/c1-3-14(7-11-16-2)6-4-5-8-15-9-12-17-13-10-15/h14H,3-13H2,1-2H3/t14-/m0/s1. The Morgan fingerprint density at radius 1 is 1.18 bits per heavy atom. The highest BCUT2D eigenvalue weighted by atomic mass is 16.5. The molecule has 0 unspecified atom stereocenters. The first-order valence-corrected chi connectivity index (χ1v) is 7.15. The first kappa shape index (κ1) is 14.9. The van der Waals surface area contributed by atoms with E-state index in [4.69, 9.17) is 9.47 Å². The predicted molar refractivity (Wildman–Crippen MR) is 71.4 cm³/mol. The van der Waals surface area contributed by atoms with Crippen LogP contribution >= 0.6 is 0 Å². The van der Waals surface area contributed by atoms with E-state index in [1.54, 1.807) is 7.11 Å². The zero-order valence-electron chi connectivity index (χ0n) is 11.6. The van der Waals surface area contributed by atoms with Crippen LogP contribution in [0.4, 0.5) is 0 Å². The van der Waals surface area contributed by atoms with E-state index in [0.717, 1.165) is 38.8 Å². The summed E-state index contributed by atoms with van der Waals surface area (Å²) in [6, 6.07) is 0. The second-order valence-electron chi connectivity index (χ2n) is 5.01. The molecule has 0 aromatic rings. The molecule has 102 valence electrons. The van der Waals surface area contributed by atoms with Gasteiger partial charge in [-0.2, -0.15) is 0 Å². The van der Waals surface area contributed by atoms with E-state index in [2.05, 4.69) is 11.8 Å². The highest BCUT2D eigenvalue weighted by Gasteiger charge is 2.10. The Morgan fingerprint density at radius 2 is 1.94 bits per heavy atom. The van der Waals surface area contributed by atoms with Crippen LogP contribution in [0.25, 0.3) is 0 Å². The van der Waals surface area contributed by atoms with E-state index in [9.17, 15) is 0 Å². The molecule has 0 N–H and O–H groups in total. The predicted octanol–water partition coefficient (Wildman–Crippen LogP) is 2.55. The van der Waals surface area contributed by atoms with Gasteiger partial charge in [0.1, 0.15) is 0 Å². The molecule has 3 nitrogen and oxygen atoms in total. The summed E-state index contributed by atoms with van der Waals surface area (Å²) in [5, 5.41) is 0. The van der Waals surface area contributed by atoms with Crippen molar-refractivity contribution in [2.45, 2.75) is 39.0 Å². The first-order chi connectivity index (χ1) is 8.36. The highest BCUT2D eigenvalue weighted by molar-refractivity contribution is 4.63. The number of unbranched alkanes of at least 4 members (excludes halogenated alkanes) is 1. The molecule has 1 rings (SSSR count). The van der Waals surface area contributed by atoms with Gasteiger partial charge in [-0.1, -0.05) is 26.2 Å². The van der Waals surface area contributed by atoms with Crippen LogP contribution in [0.15, 0.2) is 0 Å². The number of methoxy groups -OCH3 is 1. The van der Waals surface area contributed by atoms with Crippen molar-refractivity contribution in [3.63, 3.8) is 0 Å². The number of morpholine rings is 1. The van der Waals surface area contributed by atoms with Crippen molar-refractivity contribution in [3.05, 3.63) is 0 Å². The van der Waals surface area contributed by atoms with Crippen LogP contribution in [0.3, 0.4) is 0 Å². The minimum Gasteiger partial charge on any atom is -0.385 e. The fourth-order valence-corrected chi connectivity index (χ4v) is 2.43. The summed E-state index contributed by atoms with van der Waals surface area (Å²) in [5.41, 5.74) is 0. The van der Waals surface area contributed by atoms with Crippen LogP contribution < -0.4 is 0 Å². The summed E-state index contributed by atoms with van der Waals surface area (Å²) in [6.07, 6.45) is 6.58. The minimum atomic E-state index is 0.861. The molecule has 1 fully saturated rings. The molecule has 1 atom stereocenters. The van der Waals surface area contributed by atoms with Crippen LogP contribution in [-0.2, 0) is 9.47 Å². The van der Waals surface area contributed by atoms with Gasteiger partial charge < -0.3 is 9.47 Å². The number of nitrogens with zero attached hydrogens (tertiary/aromatic N) is 1. The molecule has 1 aliphatic heterocycles. The number of rotatable bonds is 9. The van der Waals surface area contributed by atoms with E-state index in [1.807, 2.05) is 0 Å². The average Bonchev–Trinajstić information content (AvgIpc) is 2.39. The molecule has 0 aromatic heterocycles. The quantitative estimate of drug-likeness (QED) is 0.581.